The predicted molar refractivity (Wildman–Crippen MR) is 125 cm³/mol. The maximum absolute atomic E-state index is 13.1. The Morgan fingerprint density at radius 1 is 1.12 bits per heavy atom. The van der Waals surface area contributed by atoms with Crippen molar-refractivity contribution in [1.82, 2.24) is 19.2 Å². The van der Waals surface area contributed by atoms with Crippen LogP contribution in [-0.4, -0.2) is 62.5 Å². The number of aromatic nitrogens is 2. The van der Waals surface area contributed by atoms with Gasteiger partial charge < -0.3 is 10.2 Å². The first-order valence-electron chi connectivity index (χ1n) is 10.7. The van der Waals surface area contributed by atoms with Gasteiger partial charge in [0.2, 0.25) is 10.0 Å². The van der Waals surface area contributed by atoms with Crippen LogP contribution in [-0.2, 0) is 10.0 Å². The number of hydrogen-bond donors (Lipinski definition) is 1. The van der Waals surface area contributed by atoms with Crippen LogP contribution in [0.3, 0.4) is 0 Å². The zero-order valence-corrected chi connectivity index (χ0v) is 19.7. The zero-order chi connectivity index (χ0) is 23.0. The second-order valence-corrected chi connectivity index (χ2v) is 10.3. The van der Waals surface area contributed by atoms with E-state index < -0.39 is 10.0 Å². The van der Waals surface area contributed by atoms with Gasteiger partial charge in [0.25, 0.3) is 5.91 Å². The molecule has 1 N–H and O–H groups in total. The summed E-state index contributed by atoms with van der Waals surface area (Å²) in [4.78, 5) is 14.6. The van der Waals surface area contributed by atoms with E-state index in [1.165, 1.54) is 0 Å². The molecular weight excluding hydrogens is 426 g/mol. The molecule has 1 saturated heterocycles. The molecule has 9 heteroatoms. The van der Waals surface area contributed by atoms with E-state index in [4.69, 9.17) is 0 Å². The van der Waals surface area contributed by atoms with Gasteiger partial charge in [-0.25, -0.2) is 12.9 Å². The molecule has 0 saturated carbocycles. The van der Waals surface area contributed by atoms with Crippen LogP contribution in [0.25, 0.3) is 5.52 Å². The van der Waals surface area contributed by atoms with Gasteiger partial charge in [0.1, 0.15) is 0 Å². The number of sulfonamides is 1. The van der Waals surface area contributed by atoms with Crippen LogP contribution in [0, 0.1) is 6.92 Å². The quantitative estimate of drug-likeness (QED) is 0.639. The number of fused-ring (bicyclic) bond motifs is 1. The number of nitrogens with zero attached hydrogens (tertiary/aromatic N) is 4. The molecule has 0 unspecified atom stereocenters. The van der Waals surface area contributed by atoms with E-state index in [1.807, 2.05) is 56.4 Å². The van der Waals surface area contributed by atoms with Gasteiger partial charge in [-0.15, -0.1) is 0 Å². The fourth-order valence-corrected chi connectivity index (χ4v) is 5.80. The lowest BCUT2D eigenvalue weighted by Gasteiger charge is -2.31. The number of anilines is 1. The molecule has 0 radical (unpaired) electrons. The average molecular weight is 456 g/mol. The summed E-state index contributed by atoms with van der Waals surface area (Å²) >= 11 is 0. The fourth-order valence-electron chi connectivity index (χ4n) is 4.33. The summed E-state index contributed by atoms with van der Waals surface area (Å²) in [5.41, 5.74) is 4.10. The minimum absolute atomic E-state index is 0.157. The van der Waals surface area contributed by atoms with Crippen molar-refractivity contribution in [1.29, 1.82) is 0 Å². The Morgan fingerprint density at radius 3 is 2.38 bits per heavy atom. The zero-order valence-electron chi connectivity index (χ0n) is 18.9. The van der Waals surface area contributed by atoms with E-state index in [1.54, 1.807) is 28.0 Å². The minimum Gasteiger partial charge on any atom is -0.378 e. The number of rotatable bonds is 5. The Labute approximate surface area is 188 Å². The highest BCUT2D eigenvalue weighted by Gasteiger charge is 2.30. The Morgan fingerprint density at radius 2 is 1.78 bits per heavy atom. The summed E-state index contributed by atoms with van der Waals surface area (Å²) in [6.45, 7) is 2.76. The van der Waals surface area contributed by atoms with E-state index in [2.05, 4.69) is 10.4 Å². The molecule has 0 spiro atoms. The molecule has 170 valence electrons. The highest BCUT2D eigenvalue weighted by atomic mass is 32.2. The summed E-state index contributed by atoms with van der Waals surface area (Å²) in [5.74, 6) is 0.0751. The average Bonchev–Trinajstić information content (AvgIpc) is 3.13. The van der Waals surface area contributed by atoms with E-state index in [9.17, 15) is 13.2 Å². The number of aryl methyl sites for hydroxylation is 1. The Bertz CT molecular complexity index is 1240. The Balaban J connectivity index is 1.52. The van der Waals surface area contributed by atoms with Crippen molar-refractivity contribution in [3.63, 3.8) is 0 Å². The molecule has 4 rings (SSSR count). The summed E-state index contributed by atoms with van der Waals surface area (Å²) in [7, 11) is 1.95. The number of carbonyl (C=O) groups excluding carboxylic acids is 1. The standard InChI is InChI=1S/C23H29N5O3S/c1-16-22(23(29)24-2)21-15-18(11-14-28(21)25-16)17-9-12-27(13-10-17)32(30,31)20-7-5-19(6-8-20)26(3)4/h5-8,11,14-15,17H,9-10,12-13H2,1-4H3,(H,24,29). The first kappa shape index (κ1) is 22.3. The number of amides is 1. The lowest BCUT2D eigenvalue weighted by Crippen LogP contribution is -2.37. The number of hydrogen-bond acceptors (Lipinski definition) is 5. The summed E-state index contributed by atoms with van der Waals surface area (Å²) in [6, 6.07) is 11.0. The molecule has 0 bridgehead atoms. The van der Waals surface area contributed by atoms with Crippen LogP contribution in [0.2, 0.25) is 0 Å². The van der Waals surface area contributed by atoms with E-state index in [0.29, 0.717) is 29.2 Å². The van der Waals surface area contributed by atoms with Crippen LogP contribution >= 0.6 is 0 Å². The first-order chi connectivity index (χ1) is 15.2. The van der Waals surface area contributed by atoms with Crippen LogP contribution in [0.5, 0.6) is 0 Å². The molecule has 32 heavy (non-hydrogen) atoms. The van der Waals surface area contributed by atoms with Crippen molar-refractivity contribution in [2.24, 2.45) is 0 Å². The number of benzene rings is 1. The summed E-state index contributed by atoms with van der Waals surface area (Å²) < 4.78 is 29.5. The number of pyridine rings is 1. The lowest BCUT2D eigenvalue weighted by molar-refractivity contribution is 0.0964. The van der Waals surface area contributed by atoms with Gasteiger partial charge in [0, 0.05) is 46.1 Å². The largest absolute Gasteiger partial charge is 0.378 e. The topological polar surface area (TPSA) is 87.0 Å². The van der Waals surface area contributed by atoms with Crippen molar-refractivity contribution in [2.45, 2.75) is 30.6 Å². The molecule has 1 aliphatic heterocycles. The third kappa shape index (κ3) is 3.98. The molecule has 1 fully saturated rings. The van der Waals surface area contributed by atoms with Gasteiger partial charge in [0.15, 0.2) is 0 Å². The maximum atomic E-state index is 13.1. The third-order valence-electron chi connectivity index (χ3n) is 6.20. The SMILES string of the molecule is CNC(=O)c1c(C)nn2ccc(C3CCN(S(=O)(=O)c4ccc(N(C)C)cc4)CC3)cc12. The van der Waals surface area contributed by atoms with Crippen molar-refractivity contribution in [3.05, 3.63) is 59.4 Å². The highest BCUT2D eigenvalue weighted by Crippen LogP contribution is 2.32. The van der Waals surface area contributed by atoms with Crippen molar-refractivity contribution in [3.8, 4) is 0 Å². The molecular formula is C23H29N5O3S. The monoisotopic (exact) mass is 455 g/mol. The van der Waals surface area contributed by atoms with E-state index in [0.717, 1.165) is 29.6 Å². The van der Waals surface area contributed by atoms with Crippen molar-refractivity contribution < 1.29 is 13.2 Å². The lowest BCUT2D eigenvalue weighted by atomic mass is 9.90. The summed E-state index contributed by atoms with van der Waals surface area (Å²) in [5, 5.41) is 7.11. The van der Waals surface area contributed by atoms with Gasteiger partial charge in [-0.05, 0) is 67.6 Å². The molecule has 0 aliphatic carbocycles. The number of nitrogens with one attached hydrogen (secondary N) is 1. The third-order valence-corrected chi connectivity index (χ3v) is 8.12. The van der Waals surface area contributed by atoms with Crippen LogP contribution < -0.4 is 10.2 Å². The fraction of sp³-hybridized carbons (Fsp3) is 0.391. The second-order valence-electron chi connectivity index (χ2n) is 8.40. The van der Waals surface area contributed by atoms with Crippen molar-refractivity contribution in [2.75, 3.05) is 39.1 Å². The van der Waals surface area contributed by atoms with Gasteiger partial charge in [-0.1, -0.05) is 0 Å². The van der Waals surface area contributed by atoms with Crippen LogP contribution in [0.1, 0.15) is 40.4 Å². The number of carbonyl (C=O) groups is 1. The highest BCUT2D eigenvalue weighted by molar-refractivity contribution is 7.89. The summed E-state index contributed by atoms with van der Waals surface area (Å²) in [6.07, 6.45) is 3.33. The minimum atomic E-state index is -3.52. The van der Waals surface area contributed by atoms with Gasteiger partial charge >= 0.3 is 0 Å². The molecule has 2 aromatic heterocycles. The van der Waals surface area contributed by atoms with E-state index in [-0.39, 0.29) is 11.8 Å². The molecule has 1 aromatic carbocycles. The predicted octanol–water partition coefficient (Wildman–Crippen LogP) is 2.64. The molecule has 1 aliphatic rings. The smallest absolute Gasteiger partial charge is 0.255 e. The Hall–Kier alpha value is -2.91. The van der Waals surface area contributed by atoms with Gasteiger partial charge in [0.05, 0.1) is 21.7 Å². The second kappa shape index (κ2) is 8.55. The van der Waals surface area contributed by atoms with Gasteiger partial charge in [-0.3, -0.25) is 4.79 Å². The maximum Gasteiger partial charge on any atom is 0.255 e. The van der Waals surface area contributed by atoms with Crippen LogP contribution in [0.4, 0.5) is 5.69 Å². The molecule has 1 amide bonds. The normalized spacial score (nSPS) is 15.8. The van der Waals surface area contributed by atoms with Crippen molar-refractivity contribution >= 4 is 27.1 Å². The molecule has 3 heterocycles. The molecule has 0 atom stereocenters. The van der Waals surface area contributed by atoms with E-state index >= 15 is 0 Å². The molecule has 3 aromatic rings. The van der Waals surface area contributed by atoms with Gasteiger partial charge in [-0.2, -0.15) is 9.40 Å². The first-order valence-corrected chi connectivity index (χ1v) is 12.1. The molecule has 8 nitrogen and oxygen atoms in total. The van der Waals surface area contributed by atoms with Crippen LogP contribution in [0.15, 0.2) is 47.5 Å². The Kier molecular flexibility index (Phi) is 5.96. The number of piperidine rings is 1.